The molecule has 7 nitrogen and oxygen atoms in total. The van der Waals surface area contributed by atoms with Gasteiger partial charge in [-0.2, -0.15) is 0 Å². The van der Waals surface area contributed by atoms with E-state index in [0.29, 0.717) is 30.2 Å². The first-order chi connectivity index (χ1) is 17.0. The van der Waals surface area contributed by atoms with Gasteiger partial charge in [0.2, 0.25) is 0 Å². The standard InChI is InChI=1S/C27H24N2O5S/c30-27(28-25-9-4-8-22(18-25)19-33-20-26-10-5-16-34-26)23-11-13-24(14-12-23)29-35(31,32)17-15-21-6-2-1-3-7-21/h1-18,29H,19-20H2,(H,28,30). The minimum absolute atomic E-state index is 0.308. The van der Waals surface area contributed by atoms with Crippen LogP contribution >= 0.6 is 0 Å². The predicted octanol–water partition coefficient (Wildman–Crippen LogP) is 5.66. The van der Waals surface area contributed by atoms with E-state index < -0.39 is 10.0 Å². The van der Waals surface area contributed by atoms with Crippen LogP contribution in [0.3, 0.4) is 0 Å². The molecule has 0 unspecified atom stereocenters. The fourth-order valence-electron chi connectivity index (χ4n) is 3.23. The van der Waals surface area contributed by atoms with Crippen molar-refractivity contribution in [1.29, 1.82) is 0 Å². The number of anilines is 2. The third-order valence-corrected chi connectivity index (χ3v) is 5.94. The van der Waals surface area contributed by atoms with Crippen molar-refractivity contribution in [2.24, 2.45) is 0 Å². The van der Waals surface area contributed by atoms with Crippen LogP contribution < -0.4 is 10.0 Å². The third-order valence-electron chi connectivity index (χ3n) is 4.92. The second kappa shape index (κ2) is 11.3. The summed E-state index contributed by atoms with van der Waals surface area (Å²) in [6.07, 6.45) is 3.11. The summed E-state index contributed by atoms with van der Waals surface area (Å²) in [5, 5.41) is 3.95. The van der Waals surface area contributed by atoms with Gasteiger partial charge in [-0.25, -0.2) is 8.42 Å². The topological polar surface area (TPSA) is 97.6 Å². The molecule has 0 bridgehead atoms. The van der Waals surface area contributed by atoms with Gasteiger partial charge in [-0.05, 0) is 65.7 Å². The Morgan fingerprint density at radius 3 is 2.40 bits per heavy atom. The quantitative estimate of drug-likeness (QED) is 0.300. The van der Waals surface area contributed by atoms with Crippen molar-refractivity contribution in [3.8, 4) is 0 Å². The van der Waals surface area contributed by atoms with Crippen LogP contribution in [0.4, 0.5) is 11.4 Å². The predicted molar refractivity (Wildman–Crippen MR) is 136 cm³/mol. The van der Waals surface area contributed by atoms with Gasteiger partial charge in [0.1, 0.15) is 12.4 Å². The first kappa shape index (κ1) is 24.0. The number of amides is 1. The molecule has 1 aromatic heterocycles. The largest absolute Gasteiger partial charge is 0.467 e. The van der Waals surface area contributed by atoms with Crippen molar-refractivity contribution < 1.29 is 22.4 Å². The van der Waals surface area contributed by atoms with Crippen LogP contribution in [-0.2, 0) is 28.0 Å². The average Bonchev–Trinajstić information content (AvgIpc) is 3.38. The molecule has 0 radical (unpaired) electrons. The van der Waals surface area contributed by atoms with Gasteiger partial charge in [-0.15, -0.1) is 0 Å². The molecule has 4 rings (SSSR count). The Labute approximate surface area is 204 Å². The molecule has 1 heterocycles. The lowest BCUT2D eigenvalue weighted by atomic mass is 10.1. The molecule has 0 saturated heterocycles. The van der Waals surface area contributed by atoms with E-state index in [2.05, 4.69) is 10.0 Å². The van der Waals surface area contributed by atoms with Crippen LogP contribution in [0.15, 0.2) is 107 Å². The summed E-state index contributed by atoms with van der Waals surface area (Å²) < 4.78 is 38.0. The Morgan fingerprint density at radius 1 is 0.857 bits per heavy atom. The van der Waals surface area contributed by atoms with E-state index in [1.54, 1.807) is 42.7 Å². The highest BCUT2D eigenvalue weighted by Gasteiger charge is 2.09. The lowest BCUT2D eigenvalue weighted by Crippen LogP contribution is -2.13. The molecule has 2 N–H and O–H groups in total. The molecule has 35 heavy (non-hydrogen) atoms. The van der Waals surface area contributed by atoms with Crippen molar-refractivity contribution in [3.63, 3.8) is 0 Å². The number of nitrogens with one attached hydrogen (secondary N) is 2. The minimum atomic E-state index is -3.69. The molecule has 178 valence electrons. The van der Waals surface area contributed by atoms with Gasteiger partial charge < -0.3 is 14.5 Å². The van der Waals surface area contributed by atoms with Gasteiger partial charge in [0.25, 0.3) is 15.9 Å². The lowest BCUT2D eigenvalue weighted by Gasteiger charge is -2.09. The van der Waals surface area contributed by atoms with E-state index in [9.17, 15) is 13.2 Å². The van der Waals surface area contributed by atoms with E-state index in [1.165, 1.54) is 6.08 Å². The zero-order valence-electron chi connectivity index (χ0n) is 18.8. The van der Waals surface area contributed by atoms with Crippen LogP contribution in [0.2, 0.25) is 0 Å². The maximum atomic E-state index is 12.6. The van der Waals surface area contributed by atoms with Gasteiger partial charge in [0.15, 0.2) is 0 Å². The van der Waals surface area contributed by atoms with Gasteiger partial charge in [0, 0.05) is 16.9 Å². The summed E-state index contributed by atoms with van der Waals surface area (Å²) in [7, 11) is -3.69. The fraction of sp³-hybridized carbons (Fsp3) is 0.0741. The van der Waals surface area contributed by atoms with Gasteiger partial charge >= 0.3 is 0 Å². The molecule has 0 aliphatic carbocycles. The number of benzene rings is 3. The molecule has 4 aromatic rings. The molecule has 0 aliphatic rings. The molecule has 8 heteroatoms. The van der Waals surface area contributed by atoms with Gasteiger partial charge in [-0.1, -0.05) is 42.5 Å². The molecular weight excluding hydrogens is 464 g/mol. The molecular formula is C27H24N2O5S. The van der Waals surface area contributed by atoms with Crippen molar-refractivity contribution in [2.75, 3.05) is 10.0 Å². The Balaban J connectivity index is 1.32. The van der Waals surface area contributed by atoms with Crippen molar-refractivity contribution in [2.45, 2.75) is 13.2 Å². The van der Waals surface area contributed by atoms with Crippen LogP contribution in [0.25, 0.3) is 6.08 Å². The third kappa shape index (κ3) is 7.43. The highest BCUT2D eigenvalue weighted by molar-refractivity contribution is 7.95. The van der Waals surface area contributed by atoms with Crippen LogP contribution in [0.1, 0.15) is 27.2 Å². The Bertz CT molecular complexity index is 1380. The molecule has 0 fully saturated rings. The van der Waals surface area contributed by atoms with Crippen LogP contribution in [0, 0.1) is 0 Å². The van der Waals surface area contributed by atoms with E-state index in [-0.39, 0.29) is 5.91 Å². The number of rotatable bonds is 10. The number of hydrogen-bond donors (Lipinski definition) is 2. The summed E-state index contributed by atoms with van der Waals surface area (Å²) in [5.74, 6) is 0.435. The molecule has 0 saturated carbocycles. The number of ether oxygens (including phenoxy) is 1. The molecule has 1 amide bonds. The number of sulfonamides is 1. The van der Waals surface area contributed by atoms with Crippen molar-refractivity contribution >= 4 is 33.4 Å². The average molecular weight is 489 g/mol. The SMILES string of the molecule is O=C(Nc1cccc(COCc2ccco2)c1)c1ccc(NS(=O)(=O)C=Cc2ccccc2)cc1. The maximum Gasteiger partial charge on any atom is 0.255 e. The van der Waals surface area contributed by atoms with Gasteiger partial charge in [-0.3, -0.25) is 9.52 Å². The zero-order valence-corrected chi connectivity index (χ0v) is 19.6. The lowest BCUT2D eigenvalue weighted by molar-refractivity contribution is 0.0929. The first-order valence-electron chi connectivity index (χ1n) is 10.8. The molecule has 0 spiro atoms. The Hall–Kier alpha value is -4.14. The van der Waals surface area contributed by atoms with E-state index in [1.807, 2.05) is 54.6 Å². The van der Waals surface area contributed by atoms with Crippen LogP contribution in [-0.4, -0.2) is 14.3 Å². The smallest absolute Gasteiger partial charge is 0.255 e. The monoisotopic (exact) mass is 488 g/mol. The molecule has 3 aromatic carbocycles. The van der Waals surface area contributed by atoms with E-state index in [4.69, 9.17) is 9.15 Å². The van der Waals surface area contributed by atoms with Crippen LogP contribution in [0.5, 0.6) is 0 Å². The Morgan fingerprint density at radius 2 is 1.66 bits per heavy atom. The van der Waals surface area contributed by atoms with E-state index >= 15 is 0 Å². The van der Waals surface area contributed by atoms with Crippen molar-refractivity contribution in [1.82, 2.24) is 0 Å². The second-order valence-electron chi connectivity index (χ2n) is 7.66. The summed E-state index contributed by atoms with van der Waals surface area (Å²) in [4.78, 5) is 12.6. The summed E-state index contributed by atoms with van der Waals surface area (Å²) in [6.45, 7) is 0.736. The summed E-state index contributed by atoms with van der Waals surface area (Å²) in [5.41, 5.74) is 3.06. The highest BCUT2D eigenvalue weighted by Crippen LogP contribution is 2.17. The minimum Gasteiger partial charge on any atom is -0.467 e. The zero-order chi connectivity index (χ0) is 24.5. The highest BCUT2D eigenvalue weighted by atomic mass is 32.2. The molecule has 0 atom stereocenters. The summed E-state index contributed by atoms with van der Waals surface area (Å²) in [6, 6.07) is 26.4. The fourth-order valence-corrected chi connectivity index (χ4v) is 4.10. The number of hydrogen-bond acceptors (Lipinski definition) is 5. The number of carbonyl (C=O) groups is 1. The Kier molecular flexibility index (Phi) is 7.77. The normalized spacial score (nSPS) is 11.4. The van der Waals surface area contributed by atoms with Crippen molar-refractivity contribution in [3.05, 3.63) is 125 Å². The van der Waals surface area contributed by atoms with E-state index in [0.717, 1.165) is 22.3 Å². The number of carbonyl (C=O) groups excluding carboxylic acids is 1. The molecule has 0 aliphatic heterocycles. The number of furan rings is 1. The first-order valence-corrected chi connectivity index (χ1v) is 12.4. The van der Waals surface area contributed by atoms with Gasteiger partial charge in [0.05, 0.1) is 18.3 Å². The summed E-state index contributed by atoms with van der Waals surface area (Å²) >= 11 is 0. The maximum absolute atomic E-state index is 12.6. The second-order valence-corrected chi connectivity index (χ2v) is 9.23.